The maximum Gasteiger partial charge on any atom is 0.337 e. The molecule has 0 unspecified atom stereocenters. The Morgan fingerprint density at radius 2 is 1.79 bits per heavy atom. The molecule has 0 aromatic heterocycles. The lowest BCUT2D eigenvalue weighted by molar-refractivity contribution is 0.0697. The summed E-state index contributed by atoms with van der Waals surface area (Å²) in [5.41, 5.74) is 1.33. The number of hydrogen-bond donors (Lipinski definition) is 3. The normalized spacial score (nSPS) is 11.2. The summed E-state index contributed by atoms with van der Waals surface area (Å²) in [4.78, 5) is 11.5. The van der Waals surface area contributed by atoms with Crippen molar-refractivity contribution in [1.29, 1.82) is 0 Å². The van der Waals surface area contributed by atoms with E-state index in [0.29, 0.717) is 18.7 Å². The molecule has 7 nitrogen and oxygen atoms in total. The van der Waals surface area contributed by atoms with Gasteiger partial charge in [-0.15, -0.1) is 0 Å². The standard InChI is InChI=1S/C21H28N2O5S/c1-3-4-5-13-22-20-11-10-18(15-19(20)21(24)25)29(26,27)23-14-12-16-6-8-17(28-2)9-7-16/h6-11,15,22-23H,3-5,12-14H2,1-2H3,(H,24,25). The van der Waals surface area contributed by atoms with Crippen LogP contribution in [-0.4, -0.2) is 39.7 Å². The van der Waals surface area contributed by atoms with E-state index >= 15 is 0 Å². The van der Waals surface area contributed by atoms with Gasteiger partial charge in [-0.2, -0.15) is 0 Å². The summed E-state index contributed by atoms with van der Waals surface area (Å²) in [6.45, 7) is 2.93. The second kappa shape index (κ2) is 10.8. The van der Waals surface area contributed by atoms with Crippen molar-refractivity contribution < 1.29 is 23.1 Å². The number of benzene rings is 2. The quantitative estimate of drug-likeness (QED) is 0.454. The van der Waals surface area contributed by atoms with Gasteiger partial charge >= 0.3 is 5.97 Å². The summed E-state index contributed by atoms with van der Waals surface area (Å²) in [6, 6.07) is 11.5. The van der Waals surface area contributed by atoms with Gasteiger partial charge in [0.25, 0.3) is 0 Å². The number of carboxylic acid groups (broad SMARTS) is 1. The number of unbranched alkanes of at least 4 members (excludes halogenated alkanes) is 2. The third-order valence-corrected chi connectivity index (χ3v) is 5.95. The third kappa shape index (κ3) is 6.76. The van der Waals surface area contributed by atoms with Crippen molar-refractivity contribution in [2.75, 3.05) is 25.5 Å². The Kier molecular flexibility index (Phi) is 8.48. The van der Waals surface area contributed by atoms with Gasteiger partial charge in [-0.05, 0) is 48.7 Å². The number of carboxylic acids is 1. The van der Waals surface area contributed by atoms with Crippen LogP contribution in [0.15, 0.2) is 47.4 Å². The number of rotatable bonds is 12. The molecular formula is C21H28N2O5S. The van der Waals surface area contributed by atoms with Crippen molar-refractivity contribution in [1.82, 2.24) is 4.72 Å². The minimum absolute atomic E-state index is 0.0560. The number of nitrogens with one attached hydrogen (secondary N) is 2. The van der Waals surface area contributed by atoms with E-state index in [9.17, 15) is 18.3 Å². The molecule has 2 aromatic rings. The monoisotopic (exact) mass is 420 g/mol. The first-order valence-electron chi connectivity index (χ1n) is 9.61. The van der Waals surface area contributed by atoms with Crippen molar-refractivity contribution in [2.24, 2.45) is 0 Å². The van der Waals surface area contributed by atoms with Crippen molar-refractivity contribution in [3.63, 3.8) is 0 Å². The molecule has 0 bridgehead atoms. The second-order valence-corrected chi connectivity index (χ2v) is 8.41. The molecule has 0 atom stereocenters. The fraction of sp³-hybridized carbons (Fsp3) is 0.381. The molecule has 0 saturated carbocycles. The highest BCUT2D eigenvalue weighted by molar-refractivity contribution is 7.89. The van der Waals surface area contributed by atoms with Gasteiger partial charge in [0, 0.05) is 18.8 Å². The van der Waals surface area contributed by atoms with Gasteiger partial charge in [-0.3, -0.25) is 0 Å². The SMILES string of the molecule is CCCCCNc1ccc(S(=O)(=O)NCCc2ccc(OC)cc2)cc1C(=O)O. The highest BCUT2D eigenvalue weighted by Gasteiger charge is 2.18. The first-order chi connectivity index (χ1) is 13.9. The van der Waals surface area contributed by atoms with Crippen LogP contribution in [0.25, 0.3) is 0 Å². The molecule has 0 aliphatic carbocycles. The molecule has 0 heterocycles. The topological polar surface area (TPSA) is 105 Å². The molecule has 0 spiro atoms. The zero-order valence-electron chi connectivity index (χ0n) is 16.8. The number of aromatic carboxylic acids is 1. The van der Waals surface area contributed by atoms with Crippen LogP contribution in [0.5, 0.6) is 5.75 Å². The average Bonchev–Trinajstić information content (AvgIpc) is 2.71. The third-order valence-electron chi connectivity index (χ3n) is 4.49. The Balaban J connectivity index is 2.04. The summed E-state index contributed by atoms with van der Waals surface area (Å²) in [5.74, 6) is -0.433. The Labute approximate surface area is 172 Å². The minimum atomic E-state index is -3.81. The van der Waals surface area contributed by atoms with Crippen molar-refractivity contribution in [2.45, 2.75) is 37.5 Å². The smallest absolute Gasteiger partial charge is 0.337 e. The van der Waals surface area contributed by atoms with E-state index in [-0.39, 0.29) is 17.0 Å². The molecule has 2 rings (SSSR count). The van der Waals surface area contributed by atoms with Crippen molar-refractivity contribution in [3.8, 4) is 5.75 Å². The summed E-state index contributed by atoms with van der Waals surface area (Å²) in [7, 11) is -2.23. The molecule has 3 N–H and O–H groups in total. The van der Waals surface area contributed by atoms with Gasteiger partial charge in [0.2, 0.25) is 10.0 Å². The maximum atomic E-state index is 12.6. The van der Waals surface area contributed by atoms with Gasteiger partial charge in [-0.1, -0.05) is 31.9 Å². The fourth-order valence-corrected chi connectivity index (χ4v) is 3.88. The highest BCUT2D eigenvalue weighted by atomic mass is 32.2. The largest absolute Gasteiger partial charge is 0.497 e. The van der Waals surface area contributed by atoms with E-state index in [4.69, 9.17) is 4.74 Å². The van der Waals surface area contributed by atoms with Crippen molar-refractivity contribution >= 4 is 21.7 Å². The van der Waals surface area contributed by atoms with Crippen LogP contribution in [0, 0.1) is 0 Å². The summed E-state index contributed by atoms with van der Waals surface area (Å²) < 4.78 is 32.8. The number of carbonyl (C=O) groups is 1. The molecule has 2 aromatic carbocycles. The summed E-state index contributed by atoms with van der Waals surface area (Å²) in [5, 5.41) is 12.5. The molecule has 0 aliphatic heterocycles. The van der Waals surface area contributed by atoms with E-state index < -0.39 is 16.0 Å². The predicted octanol–water partition coefficient (Wildman–Crippen LogP) is 3.52. The van der Waals surface area contributed by atoms with E-state index in [1.54, 1.807) is 7.11 Å². The van der Waals surface area contributed by atoms with Crippen LogP contribution < -0.4 is 14.8 Å². The molecule has 8 heteroatoms. The second-order valence-electron chi connectivity index (χ2n) is 6.64. The predicted molar refractivity (Wildman–Crippen MR) is 113 cm³/mol. The molecule has 0 aliphatic rings. The lowest BCUT2D eigenvalue weighted by atomic mass is 10.1. The van der Waals surface area contributed by atoms with Gasteiger partial charge in [0.1, 0.15) is 5.75 Å². The van der Waals surface area contributed by atoms with Gasteiger partial charge in [0.15, 0.2) is 0 Å². The number of methoxy groups -OCH3 is 1. The van der Waals surface area contributed by atoms with Crippen LogP contribution in [0.4, 0.5) is 5.69 Å². The van der Waals surface area contributed by atoms with E-state index in [2.05, 4.69) is 17.0 Å². The molecule has 158 valence electrons. The number of hydrogen-bond acceptors (Lipinski definition) is 5. The molecule has 0 radical (unpaired) electrons. The van der Waals surface area contributed by atoms with Crippen LogP contribution in [0.2, 0.25) is 0 Å². The first-order valence-corrected chi connectivity index (χ1v) is 11.1. The summed E-state index contributed by atoms with van der Waals surface area (Å²) >= 11 is 0. The van der Waals surface area contributed by atoms with Crippen LogP contribution >= 0.6 is 0 Å². The highest BCUT2D eigenvalue weighted by Crippen LogP contribution is 2.21. The maximum absolute atomic E-state index is 12.6. The van der Waals surface area contributed by atoms with Crippen LogP contribution in [0.3, 0.4) is 0 Å². The minimum Gasteiger partial charge on any atom is -0.497 e. The lowest BCUT2D eigenvalue weighted by Crippen LogP contribution is -2.26. The first kappa shape index (κ1) is 22.7. The van der Waals surface area contributed by atoms with Crippen molar-refractivity contribution in [3.05, 3.63) is 53.6 Å². The number of sulfonamides is 1. The molecular weight excluding hydrogens is 392 g/mol. The van der Waals surface area contributed by atoms with Crippen LogP contribution in [0.1, 0.15) is 42.1 Å². The zero-order valence-corrected chi connectivity index (χ0v) is 17.6. The van der Waals surface area contributed by atoms with Gasteiger partial charge < -0.3 is 15.2 Å². The van der Waals surface area contributed by atoms with Crippen LogP contribution in [-0.2, 0) is 16.4 Å². The average molecular weight is 421 g/mol. The van der Waals surface area contributed by atoms with E-state index in [1.165, 1.54) is 18.2 Å². The fourth-order valence-electron chi connectivity index (χ4n) is 2.82. The van der Waals surface area contributed by atoms with E-state index in [0.717, 1.165) is 30.6 Å². The lowest BCUT2D eigenvalue weighted by Gasteiger charge is -2.12. The Bertz CT molecular complexity index is 911. The Morgan fingerprint density at radius 3 is 2.41 bits per heavy atom. The van der Waals surface area contributed by atoms with Gasteiger partial charge in [0.05, 0.1) is 17.6 Å². The molecule has 29 heavy (non-hydrogen) atoms. The van der Waals surface area contributed by atoms with Gasteiger partial charge in [-0.25, -0.2) is 17.9 Å². The molecule has 0 fully saturated rings. The number of ether oxygens (including phenoxy) is 1. The number of anilines is 1. The molecule has 0 amide bonds. The zero-order chi connectivity index (χ0) is 21.3. The van der Waals surface area contributed by atoms with E-state index in [1.807, 2.05) is 24.3 Å². The Morgan fingerprint density at radius 1 is 1.07 bits per heavy atom. The molecule has 0 saturated heterocycles. The Hall–Kier alpha value is -2.58. The summed E-state index contributed by atoms with van der Waals surface area (Å²) in [6.07, 6.45) is 3.53.